The first-order valence-corrected chi connectivity index (χ1v) is 9.50. The lowest BCUT2D eigenvalue weighted by molar-refractivity contribution is 0.115. The van der Waals surface area contributed by atoms with E-state index in [0.717, 1.165) is 61.1 Å². The number of ether oxygens (including phenoxy) is 1. The quantitative estimate of drug-likeness (QED) is 0.410. The first-order chi connectivity index (χ1) is 12.7. The van der Waals surface area contributed by atoms with Crippen molar-refractivity contribution in [3.63, 3.8) is 0 Å². The molecule has 2 aromatic rings. The second-order valence-corrected chi connectivity index (χ2v) is 6.93. The molecule has 26 heavy (non-hydrogen) atoms. The van der Waals surface area contributed by atoms with Gasteiger partial charge in [0.15, 0.2) is 5.96 Å². The average molecular weight is 360 g/mol. The first-order valence-electron chi connectivity index (χ1n) is 9.50. The van der Waals surface area contributed by atoms with Gasteiger partial charge in [0.2, 0.25) is 0 Å². The van der Waals surface area contributed by atoms with Crippen LogP contribution in [0.2, 0.25) is 0 Å². The van der Waals surface area contributed by atoms with Gasteiger partial charge in [0.05, 0.1) is 6.61 Å². The highest BCUT2D eigenvalue weighted by Gasteiger charge is 2.21. The molecular formula is C20H29FN4O. The Kier molecular flexibility index (Phi) is 6.50. The number of aromatic amines is 1. The summed E-state index contributed by atoms with van der Waals surface area (Å²) in [5.41, 5.74) is 2.00. The van der Waals surface area contributed by atoms with E-state index in [1.54, 1.807) is 0 Å². The number of hydrogen-bond acceptors (Lipinski definition) is 2. The zero-order valence-corrected chi connectivity index (χ0v) is 15.7. The van der Waals surface area contributed by atoms with E-state index in [2.05, 4.69) is 22.1 Å². The fraction of sp³-hybridized carbons (Fsp3) is 0.550. The fourth-order valence-corrected chi connectivity index (χ4v) is 2.96. The molecule has 0 aliphatic heterocycles. The molecule has 0 amide bonds. The SMILES string of the molecule is CCNC(=NCCc1c[nH]c2cc(F)ccc12)N(C)CCOCC1CC1. The number of fused-ring (bicyclic) bond motifs is 1. The van der Waals surface area contributed by atoms with Crippen LogP contribution in [-0.4, -0.2) is 55.7 Å². The molecule has 142 valence electrons. The van der Waals surface area contributed by atoms with Crippen molar-refractivity contribution < 1.29 is 9.13 Å². The molecule has 0 bridgehead atoms. The van der Waals surface area contributed by atoms with Gasteiger partial charge in [-0.25, -0.2) is 4.39 Å². The Hall–Kier alpha value is -2.08. The average Bonchev–Trinajstić information content (AvgIpc) is 3.38. The topological polar surface area (TPSA) is 52.7 Å². The molecule has 0 spiro atoms. The molecule has 0 unspecified atom stereocenters. The second-order valence-electron chi connectivity index (χ2n) is 6.93. The number of nitrogens with zero attached hydrogens (tertiary/aromatic N) is 2. The number of aromatic nitrogens is 1. The van der Waals surface area contributed by atoms with Crippen molar-refractivity contribution in [2.75, 3.05) is 39.9 Å². The summed E-state index contributed by atoms with van der Waals surface area (Å²) in [6, 6.07) is 4.86. The Morgan fingerprint density at radius 3 is 3.04 bits per heavy atom. The minimum Gasteiger partial charge on any atom is -0.379 e. The summed E-state index contributed by atoms with van der Waals surface area (Å²) in [7, 11) is 2.04. The number of likely N-dealkylation sites (N-methyl/N-ethyl adjacent to an activating group) is 1. The third kappa shape index (κ3) is 5.21. The van der Waals surface area contributed by atoms with Crippen molar-refractivity contribution in [3.8, 4) is 0 Å². The number of halogens is 1. The Balaban J connectivity index is 1.52. The Labute approximate surface area is 154 Å². The number of rotatable bonds is 9. The minimum absolute atomic E-state index is 0.219. The van der Waals surface area contributed by atoms with Crippen molar-refractivity contribution in [2.24, 2.45) is 10.9 Å². The molecule has 1 aromatic carbocycles. The number of aliphatic imine (C=N–C) groups is 1. The largest absolute Gasteiger partial charge is 0.379 e. The number of guanidine groups is 1. The summed E-state index contributed by atoms with van der Waals surface area (Å²) in [5.74, 6) is 1.48. The summed E-state index contributed by atoms with van der Waals surface area (Å²) in [6.45, 7) is 6.03. The van der Waals surface area contributed by atoms with E-state index in [0.29, 0.717) is 6.54 Å². The van der Waals surface area contributed by atoms with Crippen molar-refractivity contribution in [2.45, 2.75) is 26.2 Å². The smallest absolute Gasteiger partial charge is 0.193 e. The molecule has 1 saturated carbocycles. The highest BCUT2D eigenvalue weighted by Crippen LogP contribution is 2.28. The van der Waals surface area contributed by atoms with E-state index in [4.69, 9.17) is 9.73 Å². The van der Waals surface area contributed by atoms with Crippen LogP contribution in [0, 0.1) is 11.7 Å². The van der Waals surface area contributed by atoms with E-state index in [1.165, 1.54) is 25.0 Å². The van der Waals surface area contributed by atoms with Crippen molar-refractivity contribution in [1.29, 1.82) is 0 Å². The summed E-state index contributed by atoms with van der Waals surface area (Å²) >= 11 is 0. The van der Waals surface area contributed by atoms with Crippen molar-refractivity contribution >= 4 is 16.9 Å². The molecule has 1 heterocycles. The van der Waals surface area contributed by atoms with Crippen LogP contribution in [0.5, 0.6) is 0 Å². The van der Waals surface area contributed by atoms with Gasteiger partial charge in [-0.05, 0) is 55.9 Å². The maximum absolute atomic E-state index is 13.3. The van der Waals surface area contributed by atoms with E-state index < -0.39 is 0 Å². The van der Waals surface area contributed by atoms with Crippen LogP contribution in [0.3, 0.4) is 0 Å². The van der Waals surface area contributed by atoms with Gasteiger partial charge in [0.1, 0.15) is 5.82 Å². The molecule has 5 nitrogen and oxygen atoms in total. The molecular weight excluding hydrogens is 331 g/mol. The Morgan fingerprint density at radius 1 is 1.42 bits per heavy atom. The van der Waals surface area contributed by atoms with Crippen LogP contribution in [0.25, 0.3) is 10.9 Å². The lowest BCUT2D eigenvalue weighted by atomic mass is 10.1. The van der Waals surface area contributed by atoms with Gasteiger partial charge in [0.25, 0.3) is 0 Å². The molecule has 3 rings (SSSR count). The third-order valence-corrected chi connectivity index (χ3v) is 4.69. The molecule has 1 aliphatic rings. The monoisotopic (exact) mass is 360 g/mol. The van der Waals surface area contributed by atoms with Gasteiger partial charge < -0.3 is 19.9 Å². The molecule has 0 radical (unpaired) electrons. The van der Waals surface area contributed by atoms with Crippen LogP contribution in [0.15, 0.2) is 29.4 Å². The second kappa shape index (κ2) is 9.03. The summed E-state index contributed by atoms with van der Waals surface area (Å²) in [6.07, 6.45) is 5.40. The maximum Gasteiger partial charge on any atom is 0.193 e. The molecule has 1 fully saturated rings. The van der Waals surface area contributed by atoms with Gasteiger partial charge in [-0.1, -0.05) is 0 Å². The molecule has 0 saturated heterocycles. The Bertz CT molecular complexity index is 738. The zero-order chi connectivity index (χ0) is 18.4. The predicted molar refractivity (Wildman–Crippen MR) is 104 cm³/mol. The number of nitrogens with one attached hydrogen (secondary N) is 2. The number of benzene rings is 1. The molecule has 2 N–H and O–H groups in total. The summed E-state index contributed by atoms with van der Waals surface area (Å²) in [4.78, 5) is 9.97. The van der Waals surface area contributed by atoms with Crippen LogP contribution < -0.4 is 5.32 Å². The van der Waals surface area contributed by atoms with Gasteiger partial charge in [-0.3, -0.25) is 4.99 Å². The van der Waals surface area contributed by atoms with Gasteiger partial charge in [0, 0.05) is 50.4 Å². The van der Waals surface area contributed by atoms with Gasteiger partial charge in [-0.2, -0.15) is 0 Å². The zero-order valence-electron chi connectivity index (χ0n) is 15.7. The number of hydrogen-bond donors (Lipinski definition) is 2. The minimum atomic E-state index is -0.219. The van der Waals surface area contributed by atoms with Gasteiger partial charge >= 0.3 is 0 Å². The predicted octanol–water partition coefficient (Wildman–Crippen LogP) is 3.17. The summed E-state index contributed by atoms with van der Waals surface area (Å²) < 4.78 is 19.0. The van der Waals surface area contributed by atoms with E-state index in [-0.39, 0.29) is 5.82 Å². The lowest BCUT2D eigenvalue weighted by Crippen LogP contribution is -2.40. The van der Waals surface area contributed by atoms with E-state index in [9.17, 15) is 4.39 Å². The molecule has 0 atom stereocenters. The molecule has 6 heteroatoms. The fourth-order valence-electron chi connectivity index (χ4n) is 2.96. The third-order valence-electron chi connectivity index (χ3n) is 4.69. The molecule has 1 aromatic heterocycles. The summed E-state index contributed by atoms with van der Waals surface area (Å²) in [5, 5.41) is 4.40. The highest BCUT2D eigenvalue weighted by molar-refractivity contribution is 5.83. The van der Waals surface area contributed by atoms with Gasteiger partial charge in [-0.15, -0.1) is 0 Å². The van der Waals surface area contributed by atoms with E-state index in [1.807, 2.05) is 19.3 Å². The van der Waals surface area contributed by atoms with Crippen molar-refractivity contribution in [3.05, 3.63) is 35.8 Å². The van der Waals surface area contributed by atoms with Crippen LogP contribution in [0.1, 0.15) is 25.3 Å². The van der Waals surface area contributed by atoms with Crippen LogP contribution in [-0.2, 0) is 11.2 Å². The first kappa shape index (κ1) is 18.7. The standard InChI is InChI=1S/C20H29FN4O/c1-3-22-20(25(2)10-11-26-14-15-4-5-15)23-9-8-16-13-24-19-12-17(21)6-7-18(16)19/h6-7,12-13,15,24H,3-5,8-11,14H2,1-2H3,(H,22,23). The van der Waals surface area contributed by atoms with Crippen LogP contribution in [0.4, 0.5) is 4.39 Å². The normalized spacial score (nSPS) is 14.8. The lowest BCUT2D eigenvalue weighted by Gasteiger charge is -2.22. The van der Waals surface area contributed by atoms with Crippen LogP contribution >= 0.6 is 0 Å². The highest BCUT2D eigenvalue weighted by atomic mass is 19.1. The Morgan fingerprint density at radius 2 is 2.27 bits per heavy atom. The maximum atomic E-state index is 13.3. The number of H-pyrrole nitrogens is 1. The van der Waals surface area contributed by atoms with Crippen molar-refractivity contribution in [1.82, 2.24) is 15.2 Å². The molecule has 1 aliphatic carbocycles. The van der Waals surface area contributed by atoms with E-state index >= 15 is 0 Å².